The molecule has 0 bridgehead atoms. The molecule has 2 aromatic rings. The van der Waals surface area contributed by atoms with Crippen molar-refractivity contribution in [3.63, 3.8) is 0 Å². The van der Waals surface area contributed by atoms with Crippen LogP contribution in [0.2, 0.25) is 5.02 Å². The first-order valence-electron chi connectivity index (χ1n) is 5.98. The van der Waals surface area contributed by atoms with Crippen LogP contribution in [0.25, 0.3) is 10.8 Å². The van der Waals surface area contributed by atoms with E-state index >= 15 is 0 Å². The molecule has 0 amide bonds. The van der Waals surface area contributed by atoms with E-state index in [9.17, 15) is 5.11 Å². The maximum absolute atomic E-state index is 10.1. The molecule has 4 heteroatoms. The largest absolute Gasteiger partial charge is 0.508 e. The Bertz CT molecular complexity index is 579. The molecule has 0 aromatic heterocycles. The summed E-state index contributed by atoms with van der Waals surface area (Å²) >= 11 is 5.99. The van der Waals surface area contributed by atoms with Gasteiger partial charge in [-0.2, -0.15) is 0 Å². The SMILES string of the molecule is Oc1cc2ccc(Cl)cc2cc1C1CNCCO1. The van der Waals surface area contributed by atoms with Crippen LogP contribution in [0.5, 0.6) is 5.75 Å². The van der Waals surface area contributed by atoms with E-state index in [1.165, 1.54) is 0 Å². The van der Waals surface area contributed by atoms with Gasteiger partial charge in [0.05, 0.1) is 12.7 Å². The quantitative estimate of drug-likeness (QED) is 0.831. The fraction of sp³-hybridized carbons (Fsp3) is 0.286. The van der Waals surface area contributed by atoms with Crippen LogP contribution in [-0.4, -0.2) is 24.8 Å². The molecule has 18 heavy (non-hydrogen) atoms. The van der Waals surface area contributed by atoms with Crippen LogP contribution >= 0.6 is 11.6 Å². The third kappa shape index (κ3) is 2.17. The van der Waals surface area contributed by atoms with Crippen molar-refractivity contribution in [3.05, 3.63) is 40.9 Å². The number of hydrogen-bond donors (Lipinski definition) is 2. The fourth-order valence-corrected chi connectivity index (χ4v) is 2.48. The molecule has 0 spiro atoms. The van der Waals surface area contributed by atoms with E-state index in [1.54, 1.807) is 6.07 Å². The van der Waals surface area contributed by atoms with Crippen LogP contribution in [0.4, 0.5) is 0 Å². The zero-order valence-electron chi connectivity index (χ0n) is 9.82. The Morgan fingerprint density at radius 2 is 2.11 bits per heavy atom. The highest BCUT2D eigenvalue weighted by Gasteiger charge is 2.19. The Balaban J connectivity index is 2.07. The van der Waals surface area contributed by atoms with E-state index in [4.69, 9.17) is 16.3 Å². The minimum atomic E-state index is -0.0952. The number of phenolic OH excluding ortho intramolecular Hbond substituents is 1. The summed E-state index contributed by atoms with van der Waals surface area (Å²) in [4.78, 5) is 0. The number of ether oxygens (including phenoxy) is 1. The van der Waals surface area contributed by atoms with Crippen molar-refractivity contribution in [2.45, 2.75) is 6.10 Å². The molecule has 1 aliphatic rings. The van der Waals surface area contributed by atoms with Crippen molar-refractivity contribution in [2.24, 2.45) is 0 Å². The number of phenols is 1. The first-order chi connectivity index (χ1) is 8.74. The fourth-order valence-electron chi connectivity index (χ4n) is 2.30. The highest BCUT2D eigenvalue weighted by molar-refractivity contribution is 6.31. The Morgan fingerprint density at radius 3 is 2.89 bits per heavy atom. The maximum Gasteiger partial charge on any atom is 0.122 e. The number of halogens is 1. The second-order valence-electron chi connectivity index (χ2n) is 4.47. The molecule has 0 aliphatic carbocycles. The van der Waals surface area contributed by atoms with E-state index in [-0.39, 0.29) is 11.9 Å². The van der Waals surface area contributed by atoms with Gasteiger partial charge in [-0.1, -0.05) is 17.7 Å². The van der Waals surface area contributed by atoms with Crippen LogP contribution in [-0.2, 0) is 4.74 Å². The molecule has 1 fully saturated rings. The Hall–Kier alpha value is -1.29. The molecule has 3 nitrogen and oxygen atoms in total. The number of aromatic hydroxyl groups is 1. The summed E-state index contributed by atoms with van der Waals surface area (Å²) in [6.45, 7) is 2.24. The van der Waals surface area contributed by atoms with Gasteiger partial charge < -0.3 is 15.2 Å². The topological polar surface area (TPSA) is 41.5 Å². The Morgan fingerprint density at radius 1 is 1.22 bits per heavy atom. The lowest BCUT2D eigenvalue weighted by molar-refractivity contribution is 0.0264. The molecular formula is C14H14ClNO2. The molecule has 1 atom stereocenters. The maximum atomic E-state index is 10.1. The van der Waals surface area contributed by atoms with Gasteiger partial charge in [-0.3, -0.25) is 0 Å². The summed E-state index contributed by atoms with van der Waals surface area (Å²) in [6, 6.07) is 9.34. The van der Waals surface area contributed by atoms with Crippen molar-refractivity contribution in [1.29, 1.82) is 0 Å². The van der Waals surface area contributed by atoms with Gasteiger partial charge in [0.1, 0.15) is 5.75 Å². The molecule has 0 saturated carbocycles. The summed E-state index contributed by atoms with van der Waals surface area (Å²) in [5, 5.41) is 16.0. The minimum Gasteiger partial charge on any atom is -0.508 e. The van der Waals surface area contributed by atoms with Gasteiger partial charge in [-0.25, -0.2) is 0 Å². The molecule has 1 saturated heterocycles. The second-order valence-corrected chi connectivity index (χ2v) is 4.90. The standard InChI is InChI=1S/C14H14ClNO2/c15-11-2-1-9-7-13(17)12(6-10(9)5-11)14-8-16-3-4-18-14/h1-2,5-7,14,16-17H,3-4,8H2. The molecule has 1 unspecified atom stereocenters. The minimum absolute atomic E-state index is 0.0952. The number of benzene rings is 2. The van der Waals surface area contributed by atoms with E-state index in [2.05, 4.69) is 5.32 Å². The van der Waals surface area contributed by atoms with E-state index in [1.807, 2.05) is 24.3 Å². The van der Waals surface area contributed by atoms with Crippen molar-refractivity contribution >= 4 is 22.4 Å². The van der Waals surface area contributed by atoms with E-state index in [0.717, 1.165) is 29.4 Å². The molecule has 94 valence electrons. The summed E-state index contributed by atoms with van der Waals surface area (Å²) in [5.41, 5.74) is 0.817. The monoisotopic (exact) mass is 263 g/mol. The van der Waals surface area contributed by atoms with E-state index in [0.29, 0.717) is 11.6 Å². The summed E-state index contributed by atoms with van der Waals surface area (Å²) in [7, 11) is 0. The average molecular weight is 264 g/mol. The zero-order chi connectivity index (χ0) is 12.5. The lowest BCUT2D eigenvalue weighted by atomic mass is 10.0. The predicted molar refractivity (Wildman–Crippen MR) is 72.2 cm³/mol. The first kappa shape index (κ1) is 11.8. The van der Waals surface area contributed by atoms with Crippen LogP contribution < -0.4 is 5.32 Å². The molecule has 2 aromatic carbocycles. The highest BCUT2D eigenvalue weighted by Crippen LogP contribution is 2.32. The third-order valence-electron chi connectivity index (χ3n) is 3.22. The van der Waals surface area contributed by atoms with Crippen molar-refractivity contribution in [1.82, 2.24) is 5.32 Å². The van der Waals surface area contributed by atoms with Crippen molar-refractivity contribution in [3.8, 4) is 5.75 Å². The van der Waals surface area contributed by atoms with Crippen LogP contribution in [0.15, 0.2) is 30.3 Å². The van der Waals surface area contributed by atoms with Gasteiger partial charge in [0.15, 0.2) is 0 Å². The first-order valence-corrected chi connectivity index (χ1v) is 6.36. The third-order valence-corrected chi connectivity index (χ3v) is 3.46. The van der Waals surface area contributed by atoms with Gasteiger partial charge in [-0.05, 0) is 35.0 Å². The van der Waals surface area contributed by atoms with Crippen LogP contribution in [0, 0.1) is 0 Å². The summed E-state index contributed by atoms with van der Waals surface area (Å²) in [6.07, 6.45) is -0.0952. The van der Waals surface area contributed by atoms with Gasteiger partial charge in [-0.15, -0.1) is 0 Å². The van der Waals surface area contributed by atoms with Crippen molar-refractivity contribution < 1.29 is 9.84 Å². The van der Waals surface area contributed by atoms with Crippen molar-refractivity contribution in [2.75, 3.05) is 19.7 Å². The molecule has 3 rings (SSSR count). The normalized spacial score (nSPS) is 20.2. The number of rotatable bonds is 1. The smallest absolute Gasteiger partial charge is 0.122 e. The summed E-state index contributed by atoms with van der Waals surface area (Å²) in [5.74, 6) is 0.276. The van der Waals surface area contributed by atoms with Gasteiger partial charge in [0.25, 0.3) is 0 Å². The Kier molecular flexibility index (Phi) is 3.12. The average Bonchev–Trinajstić information content (AvgIpc) is 2.39. The van der Waals surface area contributed by atoms with Crippen LogP contribution in [0.3, 0.4) is 0 Å². The number of morpholine rings is 1. The predicted octanol–water partition coefficient (Wildman–Crippen LogP) is 2.86. The van der Waals surface area contributed by atoms with E-state index < -0.39 is 0 Å². The summed E-state index contributed by atoms with van der Waals surface area (Å²) < 4.78 is 5.67. The van der Waals surface area contributed by atoms with Gasteiger partial charge in [0.2, 0.25) is 0 Å². The molecule has 1 aliphatic heterocycles. The molecule has 0 radical (unpaired) electrons. The van der Waals surface area contributed by atoms with Crippen LogP contribution in [0.1, 0.15) is 11.7 Å². The lowest BCUT2D eigenvalue weighted by Gasteiger charge is -2.24. The molecule has 1 heterocycles. The number of hydrogen-bond acceptors (Lipinski definition) is 3. The second kappa shape index (κ2) is 4.76. The molecule has 2 N–H and O–H groups in total. The van der Waals surface area contributed by atoms with Gasteiger partial charge >= 0.3 is 0 Å². The number of nitrogens with one attached hydrogen (secondary N) is 1. The van der Waals surface area contributed by atoms with Gasteiger partial charge in [0, 0.05) is 23.7 Å². The highest BCUT2D eigenvalue weighted by atomic mass is 35.5. The lowest BCUT2D eigenvalue weighted by Crippen LogP contribution is -2.33. The number of fused-ring (bicyclic) bond motifs is 1. The zero-order valence-corrected chi connectivity index (χ0v) is 10.6. The Labute approximate surface area is 110 Å². The molecular weight excluding hydrogens is 250 g/mol.